The zero-order chi connectivity index (χ0) is 15.1. The van der Waals surface area contributed by atoms with E-state index in [4.69, 9.17) is 10.5 Å². The van der Waals surface area contributed by atoms with Crippen LogP contribution in [0.5, 0.6) is 5.75 Å². The summed E-state index contributed by atoms with van der Waals surface area (Å²) in [5, 5.41) is 12.9. The molecule has 4 N–H and O–H groups in total. The van der Waals surface area contributed by atoms with E-state index in [2.05, 4.69) is 12.2 Å². The van der Waals surface area contributed by atoms with Crippen LogP contribution in [0.3, 0.4) is 0 Å². The molecular formula is C16H28N2O2. The molecule has 0 aromatic heterocycles. The van der Waals surface area contributed by atoms with Crippen molar-refractivity contribution in [3.05, 3.63) is 29.8 Å². The Balaban J connectivity index is 2.73. The smallest absolute Gasteiger partial charge is 0.120 e. The minimum atomic E-state index is -0.313. The van der Waals surface area contributed by atoms with Crippen LogP contribution in [0.25, 0.3) is 0 Å². The first-order valence-corrected chi connectivity index (χ1v) is 7.33. The van der Waals surface area contributed by atoms with Crippen LogP contribution < -0.4 is 15.8 Å². The molecule has 0 radical (unpaired) electrons. The number of aliphatic hydroxyl groups is 1. The second kappa shape index (κ2) is 8.25. The molecule has 0 saturated carbocycles. The van der Waals surface area contributed by atoms with E-state index in [1.165, 1.54) is 0 Å². The molecule has 0 aliphatic heterocycles. The fraction of sp³-hybridized carbons (Fsp3) is 0.625. The van der Waals surface area contributed by atoms with Gasteiger partial charge in [-0.15, -0.1) is 0 Å². The van der Waals surface area contributed by atoms with Gasteiger partial charge in [0.05, 0.1) is 12.2 Å². The van der Waals surface area contributed by atoms with Crippen molar-refractivity contribution >= 4 is 0 Å². The second-order valence-electron chi connectivity index (χ2n) is 5.68. The first-order chi connectivity index (χ1) is 9.42. The zero-order valence-corrected chi connectivity index (χ0v) is 13.0. The maximum Gasteiger partial charge on any atom is 0.120 e. The molecule has 0 spiro atoms. The number of ether oxygens (including phenoxy) is 1. The molecule has 0 bridgehead atoms. The van der Waals surface area contributed by atoms with Gasteiger partial charge in [-0.05, 0) is 51.8 Å². The van der Waals surface area contributed by atoms with E-state index >= 15 is 0 Å². The Morgan fingerprint density at radius 2 is 1.95 bits per heavy atom. The molecule has 0 aliphatic rings. The summed E-state index contributed by atoms with van der Waals surface area (Å²) in [6.07, 6.45) is 0.550. The maximum atomic E-state index is 9.43. The third-order valence-corrected chi connectivity index (χ3v) is 3.05. The van der Waals surface area contributed by atoms with E-state index in [-0.39, 0.29) is 24.3 Å². The average Bonchev–Trinajstić information content (AvgIpc) is 2.34. The van der Waals surface area contributed by atoms with Gasteiger partial charge in [-0.1, -0.05) is 12.1 Å². The number of benzene rings is 1. The van der Waals surface area contributed by atoms with E-state index in [0.717, 1.165) is 11.3 Å². The molecule has 3 atom stereocenters. The molecule has 20 heavy (non-hydrogen) atoms. The van der Waals surface area contributed by atoms with Gasteiger partial charge in [0, 0.05) is 18.6 Å². The molecule has 1 aromatic rings. The summed E-state index contributed by atoms with van der Waals surface area (Å²) in [6.45, 7) is 8.39. The predicted octanol–water partition coefficient (Wildman–Crippen LogP) is 2.22. The van der Waals surface area contributed by atoms with Crippen LogP contribution in [0.15, 0.2) is 24.3 Å². The number of aliphatic hydroxyl groups excluding tert-OH is 1. The number of nitrogens with two attached hydrogens (primary N) is 1. The minimum absolute atomic E-state index is 0.0689. The number of rotatable bonds is 8. The standard InChI is InChI=1S/C16H28N2O2/c1-11(2)20-15-7-5-6-14(9-15)16(10-17)18-12(3)8-13(4)19/h5-7,9,11-13,16,18-19H,8,10,17H2,1-4H3. The molecule has 3 unspecified atom stereocenters. The maximum absolute atomic E-state index is 9.43. The summed E-state index contributed by atoms with van der Waals surface area (Å²) in [5.74, 6) is 0.862. The largest absolute Gasteiger partial charge is 0.491 e. The molecule has 0 aliphatic carbocycles. The molecule has 0 saturated heterocycles. The quantitative estimate of drug-likeness (QED) is 0.683. The van der Waals surface area contributed by atoms with Crippen LogP contribution in [0.2, 0.25) is 0 Å². The predicted molar refractivity (Wildman–Crippen MR) is 82.9 cm³/mol. The third-order valence-electron chi connectivity index (χ3n) is 3.05. The summed E-state index contributed by atoms with van der Waals surface area (Å²) in [4.78, 5) is 0. The van der Waals surface area contributed by atoms with Crippen molar-refractivity contribution in [2.45, 2.75) is 58.4 Å². The van der Waals surface area contributed by atoms with Gasteiger partial charge in [0.1, 0.15) is 5.75 Å². The Morgan fingerprint density at radius 3 is 2.50 bits per heavy atom. The lowest BCUT2D eigenvalue weighted by molar-refractivity contribution is 0.168. The summed E-state index contributed by atoms with van der Waals surface area (Å²) in [6, 6.07) is 8.29. The number of nitrogens with one attached hydrogen (secondary N) is 1. The van der Waals surface area contributed by atoms with Crippen molar-refractivity contribution in [2.75, 3.05) is 6.54 Å². The van der Waals surface area contributed by atoms with Gasteiger partial charge in [-0.3, -0.25) is 0 Å². The van der Waals surface area contributed by atoms with E-state index in [1.54, 1.807) is 6.92 Å². The van der Waals surface area contributed by atoms with Crippen molar-refractivity contribution in [3.8, 4) is 5.75 Å². The Bertz CT molecular complexity index is 394. The van der Waals surface area contributed by atoms with E-state index in [1.807, 2.05) is 38.1 Å². The monoisotopic (exact) mass is 280 g/mol. The van der Waals surface area contributed by atoms with Crippen LogP contribution in [-0.4, -0.2) is 29.9 Å². The molecule has 1 aromatic carbocycles. The van der Waals surface area contributed by atoms with Crippen LogP contribution in [0, 0.1) is 0 Å². The molecule has 114 valence electrons. The summed E-state index contributed by atoms with van der Waals surface area (Å²) in [5.41, 5.74) is 6.98. The van der Waals surface area contributed by atoms with Crippen LogP contribution in [-0.2, 0) is 0 Å². The number of hydrogen-bond donors (Lipinski definition) is 3. The molecule has 0 fully saturated rings. The van der Waals surface area contributed by atoms with Crippen molar-refractivity contribution in [1.82, 2.24) is 5.32 Å². The molecule has 4 nitrogen and oxygen atoms in total. The Morgan fingerprint density at radius 1 is 1.25 bits per heavy atom. The van der Waals surface area contributed by atoms with Crippen LogP contribution >= 0.6 is 0 Å². The highest BCUT2D eigenvalue weighted by atomic mass is 16.5. The average molecular weight is 280 g/mol. The molecule has 0 heterocycles. The Labute approximate surface area is 122 Å². The van der Waals surface area contributed by atoms with Crippen molar-refractivity contribution in [2.24, 2.45) is 5.73 Å². The van der Waals surface area contributed by atoms with Crippen LogP contribution in [0.4, 0.5) is 0 Å². The van der Waals surface area contributed by atoms with Gasteiger partial charge in [0.15, 0.2) is 0 Å². The highest BCUT2D eigenvalue weighted by molar-refractivity contribution is 5.31. The summed E-state index contributed by atoms with van der Waals surface area (Å²) < 4.78 is 5.71. The van der Waals surface area contributed by atoms with Crippen molar-refractivity contribution in [1.29, 1.82) is 0 Å². The highest BCUT2D eigenvalue weighted by Gasteiger charge is 2.15. The highest BCUT2D eigenvalue weighted by Crippen LogP contribution is 2.20. The summed E-state index contributed by atoms with van der Waals surface area (Å²) >= 11 is 0. The lowest BCUT2D eigenvalue weighted by atomic mass is 10.0. The molecule has 0 amide bonds. The molecule has 1 rings (SSSR count). The first-order valence-electron chi connectivity index (χ1n) is 7.33. The van der Waals surface area contributed by atoms with Gasteiger partial charge < -0.3 is 20.9 Å². The minimum Gasteiger partial charge on any atom is -0.491 e. The topological polar surface area (TPSA) is 67.5 Å². The van der Waals surface area contributed by atoms with Gasteiger partial charge in [0.25, 0.3) is 0 Å². The Hall–Kier alpha value is -1.10. The van der Waals surface area contributed by atoms with Gasteiger partial charge in [0.2, 0.25) is 0 Å². The fourth-order valence-electron chi connectivity index (χ4n) is 2.30. The van der Waals surface area contributed by atoms with E-state index in [0.29, 0.717) is 13.0 Å². The fourth-order valence-corrected chi connectivity index (χ4v) is 2.30. The number of hydrogen-bond acceptors (Lipinski definition) is 4. The van der Waals surface area contributed by atoms with Gasteiger partial charge in [-0.25, -0.2) is 0 Å². The SMILES string of the molecule is CC(O)CC(C)NC(CN)c1cccc(OC(C)C)c1. The molecular weight excluding hydrogens is 252 g/mol. The van der Waals surface area contributed by atoms with Crippen molar-refractivity contribution < 1.29 is 9.84 Å². The lowest BCUT2D eigenvalue weighted by Gasteiger charge is -2.24. The van der Waals surface area contributed by atoms with Gasteiger partial charge >= 0.3 is 0 Å². The van der Waals surface area contributed by atoms with Crippen molar-refractivity contribution in [3.63, 3.8) is 0 Å². The normalized spacial score (nSPS) is 15.9. The zero-order valence-electron chi connectivity index (χ0n) is 13.0. The van der Waals surface area contributed by atoms with E-state index in [9.17, 15) is 5.11 Å². The summed E-state index contributed by atoms with van der Waals surface area (Å²) in [7, 11) is 0. The second-order valence-corrected chi connectivity index (χ2v) is 5.68. The lowest BCUT2D eigenvalue weighted by Crippen LogP contribution is -2.36. The van der Waals surface area contributed by atoms with Crippen LogP contribution in [0.1, 0.15) is 45.7 Å². The first kappa shape index (κ1) is 17.0. The van der Waals surface area contributed by atoms with E-state index < -0.39 is 0 Å². The third kappa shape index (κ3) is 5.90. The van der Waals surface area contributed by atoms with Gasteiger partial charge in [-0.2, -0.15) is 0 Å². The Kier molecular flexibility index (Phi) is 6.99. The molecule has 4 heteroatoms.